The Morgan fingerprint density at radius 2 is 1.60 bits per heavy atom. The van der Waals surface area contributed by atoms with E-state index in [1.807, 2.05) is 0 Å². The standard InChI is InChI=1S/C27H58N5O3/c1-6-11-24(15-10-18-33-21-29)25(12-7-2)31-22-34-20-17-30-26(13-8-3)27(14-9-4)32(5)23-35-19-16-28/h24-25,31H,6-23,28-29H2,1-5H3/q+1/b30-26?,32-27-. The maximum absolute atomic E-state index is 5.97. The molecule has 0 fully saturated rings. The first kappa shape index (κ1) is 34.1. The zero-order valence-corrected chi connectivity index (χ0v) is 23.7. The lowest BCUT2D eigenvalue weighted by atomic mass is 9.88. The summed E-state index contributed by atoms with van der Waals surface area (Å²) in [5, 5.41) is 3.67. The molecular weight excluding hydrogens is 442 g/mol. The molecule has 0 aliphatic heterocycles. The van der Waals surface area contributed by atoms with Gasteiger partial charge in [0.05, 0.1) is 33.2 Å². The quantitative estimate of drug-likeness (QED) is 0.0759. The molecule has 0 aliphatic carbocycles. The molecule has 8 heteroatoms. The average molecular weight is 501 g/mol. The summed E-state index contributed by atoms with van der Waals surface area (Å²) in [5.74, 6) is 0.641. The van der Waals surface area contributed by atoms with E-state index in [1.54, 1.807) is 0 Å². The molecule has 0 bridgehead atoms. The van der Waals surface area contributed by atoms with Crippen molar-refractivity contribution >= 4 is 11.4 Å². The number of rotatable bonds is 25. The molecule has 0 aromatic carbocycles. The predicted octanol–water partition coefficient (Wildman–Crippen LogP) is 3.91. The number of hydrogen-bond donors (Lipinski definition) is 3. The van der Waals surface area contributed by atoms with Gasteiger partial charge in [-0.15, -0.1) is 0 Å². The normalized spacial score (nSPS) is 14.8. The van der Waals surface area contributed by atoms with Gasteiger partial charge in [-0.2, -0.15) is 0 Å². The molecule has 2 atom stereocenters. The highest BCUT2D eigenvalue weighted by Crippen LogP contribution is 2.21. The number of ether oxygens (including phenoxy) is 3. The molecule has 0 saturated carbocycles. The molecule has 0 rings (SSSR count). The Hall–Kier alpha value is -0.900. The number of nitrogens with zero attached hydrogens (tertiary/aromatic N) is 2. The highest BCUT2D eigenvalue weighted by atomic mass is 16.5. The topological polar surface area (TPSA) is 107 Å². The van der Waals surface area contributed by atoms with Crippen LogP contribution in [0, 0.1) is 5.92 Å². The second-order valence-corrected chi connectivity index (χ2v) is 9.22. The van der Waals surface area contributed by atoms with E-state index in [1.165, 1.54) is 37.1 Å². The molecule has 0 heterocycles. The molecule has 0 aromatic rings. The van der Waals surface area contributed by atoms with Gasteiger partial charge in [0.1, 0.15) is 12.8 Å². The van der Waals surface area contributed by atoms with Crippen molar-refractivity contribution in [2.45, 2.75) is 97.9 Å². The van der Waals surface area contributed by atoms with Crippen LogP contribution in [0.3, 0.4) is 0 Å². The van der Waals surface area contributed by atoms with Gasteiger partial charge in [0, 0.05) is 25.6 Å². The minimum atomic E-state index is 0.307. The molecule has 5 N–H and O–H groups in total. The van der Waals surface area contributed by atoms with Crippen LogP contribution in [0.15, 0.2) is 4.99 Å². The van der Waals surface area contributed by atoms with Crippen LogP contribution in [0.1, 0.15) is 91.9 Å². The Morgan fingerprint density at radius 1 is 0.857 bits per heavy atom. The molecule has 208 valence electrons. The highest BCUT2D eigenvalue weighted by Gasteiger charge is 2.20. The monoisotopic (exact) mass is 500 g/mol. The predicted molar refractivity (Wildman–Crippen MR) is 148 cm³/mol. The van der Waals surface area contributed by atoms with Gasteiger partial charge in [-0.3, -0.25) is 10.3 Å². The summed E-state index contributed by atoms with van der Waals surface area (Å²) in [6, 6.07) is 0.476. The molecule has 0 radical (unpaired) electrons. The van der Waals surface area contributed by atoms with Crippen molar-refractivity contribution in [2.24, 2.45) is 22.4 Å². The van der Waals surface area contributed by atoms with Crippen molar-refractivity contribution in [2.75, 3.05) is 60.2 Å². The Bertz CT molecular complexity index is 543. The summed E-state index contributed by atoms with van der Waals surface area (Å²) in [6.45, 7) is 13.5. The van der Waals surface area contributed by atoms with Crippen molar-refractivity contribution in [3.63, 3.8) is 0 Å². The number of nitrogens with one attached hydrogen (secondary N) is 1. The van der Waals surface area contributed by atoms with Crippen molar-refractivity contribution < 1.29 is 18.8 Å². The van der Waals surface area contributed by atoms with Crippen LogP contribution in [0.25, 0.3) is 0 Å². The third kappa shape index (κ3) is 17.2. The third-order valence-corrected chi connectivity index (χ3v) is 6.11. The van der Waals surface area contributed by atoms with Gasteiger partial charge < -0.3 is 25.7 Å². The van der Waals surface area contributed by atoms with Gasteiger partial charge in [-0.1, -0.05) is 47.0 Å². The first-order valence-electron chi connectivity index (χ1n) is 14.1. The minimum absolute atomic E-state index is 0.307. The summed E-state index contributed by atoms with van der Waals surface area (Å²) < 4.78 is 19.1. The zero-order valence-electron chi connectivity index (χ0n) is 23.7. The number of aliphatic imine (C=N–C) groups is 1. The first-order valence-corrected chi connectivity index (χ1v) is 14.1. The fraction of sp³-hybridized carbons (Fsp3) is 0.926. The second kappa shape index (κ2) is 24.8. The lowest BCUT2D eigenvalue weighted by Crippen LogP contribution is -2.38. The van der Waals surface area contributed by atoms with E-state index < -0.39 is 0 Å². The Morgan fingerprint density at radius 3 is 2.23 bits per heavy atom. The van der Waals surface area contributed by atoms with Gasteiger partial charge in [-0.25, -0.2) is 4.58 Å². The Kier molecular flexibility index (Phi) is 24.1. The first-order chi connectivity index (χ1) is 17.1. The van der Waals surface area contributed by atoms with Crippen molar-refractivity contribution in [3.05, 3.63) is 0 Å². The summed E-state index contributed by atoms with van der Waals surface area (Å²) in [7, 11) is 2.08. The van der Waals surface area contributed by atoms with Crippen molar-refractivity contribution in [3.8, 4) is 0 Å². The molecule has 0 spiro atoms. The van der Waals surface area contributed by atoms with Crippen LogP contribution in [0.4, 0.5) is 0 Å². The van der Waals surface area contributed by atoms with E-state index in [2.05, 4.69) is 44.6 Å². The van der Waals surface area contributed by atoms with Gasteiger partial charge in [-0.05, 0) is 44.4 Å². The molecule has 0 aliphatic rings. The fourth-order valence-electron chi connectivity index (χ4n) is 4.45. The molecule has 8 nitrogen and oxygen atoms in total. The van der Waals surface area contributed by atoms with Crippen LogP contribution >= 0.6 is 0 Å². The zero-order chi connectivity index (χ0) is 26.2. The summed E-state index contributed by atoms with van der Waals surface area (Å²) >= 11 is 0. The van der Waals surface area contributed by atoms with Gasteiger partial charge in [0.2, 0.25) is 6.73 Å². The van der Waals surface area contributed by atoms with E-state index in [4.69, 9.17) is 30.7 Å². The summed E-state index contributed by atoms with van der Waals surface area (Å²) in [4.78, 5) is 4.94. The maximum atomic E-state index is 5.97. The van der Waals surface area contributed by atoms with Crippen molar-refractivity contribution in [1.82, 2.24) is 5.32 Å². The number of nitrogens with two attached hydrogens (primary N) is 2. The SMILES string of the molecule is CCCC(=NCCOCNC(CCC)C(CCC)CCCOCN)/C(CCC)=[N+](/C)COCCN. The third-order valence-electron chi connectivity index (χ3n) is 6.11. The van der Waals surface area contributed by atoms with E-state index in [-0.39, 0.29) is 0 Å². The molecular formula is C27H58N5O3+. The van der Waals surface area contributed by atoms with Crippen LogP contribution in [-0.2, 0) is 14.2 Å². The van der Waals surface area contributed by atoms with Gasteiger partial charge >= 0.3 is 0 Å². The molecule has 35 heavy (non-hydrogen) atoms. The molecule has 0 saturated heterocycles. The summed E-state index contributed by atoms with van der Waals surface area (Å²) in [5.41, 5.74) is 13.5. The summed E-state index contributed by atoms with van der Waals surface area (Å²) in [6.07, 6.45) is 11.1. The molecule has 0 amide bonds. The lowest BCUT2D eigenvalue weighted by Gasteiger charge is -2.28. The van der Waals surface area contributed by atoms with Gasteiger partial charge in [0.25, 0.3) is 0 Å². The lowest BCUT2D eigenvalue weighted by molar-refractivity contribution is -0.540. The van der Waals surface area contributed by atoms with Crippen LogP contribution in [0.2, 0.25) is 0 Å². The molecule has 0 aromatic heterocycles. The van der Waals surface area contributed by atoms with E-state index in [0.29, 0.717) is 58.5 Å². The smallest absolute Gasteiger partial charge is 0.247 e. The van der Waals surface area contributed by atoms with Crippen LogP contribution < -0.4 is 16.8 Å². The maximum Gasteiger partial charge on any atom is 0.247 e. The van der Waals surface area contributed by atoms with E-state index in [9.17, 15) is 0 Å². The largest absolute Gasteiger partial charge is 0.367 e. The van der Waals surface area contributed by atoms with Crippen LogP contribution in [0.5, 0.6) is 0 Å². The van der Waals surface area contributed by atoms with Crippen LogP contribution in [-0.4, -0.2) is 82.2 Å². The fourth-order valence-corrected chi connectivity index (χ4v) is 4.45. The minimum Gasteiger partial charge on any atom is -0.367 e. The highest BCUT2D eigenvalue weighted by molar-refractivity contribution is 6.40. The molecule has 2 unspecified atom stereocenters. The van der Waals surface area contributed by atoms with E-state index >= 15 is 0 Å². The average Bonchev–Trinajstić information content (AvgIpc) is 2.85. The van der Waals surface area contributed by atoms with E-state index in [0.717, 1.165) is 45.1 Å². The Balaban J connectivity index is 4.83. The number of hydrogen-bond acceptors (Lipinski definition) is 7. The van der Waals surface area contributed by atoms with Crippen molar-refractivity contribution in [1.29, 1.82) is 0 Å². The second-order valence-electron chi connectivity index (χ2n) is 9.22. The Labute approximate surface area is 216 Å². The van der Waals surface area contributed by atoms with Gasteiger partial charge in [0.15, 0.2) is 5.71 Å².